The maximum absolute atomic E-state index is 11.5. The van der Waals surface area contributed by atoms with Gasteiger partial charge < -0.3 is 4.74 Å². The zero-order valence-electron chi connectivity index (χ0n) is 26.3. The van der Waals surface area contributed by atoms with Gasteiger partial charge in [-0.25, -0.2) is 4.79 Å². The van der Waals surface area contributed by atoms with Crippen LogP contribution < -0.4 is 0 Å². The predicted octanol–water partition coefficient (Wildman–Crippen LogP) is 11.0. The molecule has 0 spiro atoms. The van der Waals surface area contributed by atoms with Crippen molar-refractivity contribution in [3.8, 4) is 0 Å². The third-order valence-electron chi connectivity index (χ3n) is 7.19. The standard InChI is InChI=1S/C39H48O2/c1-30(16-11-18-32(3)21-23-35-24-26-36(27-25-35)38(40)41-8)14-9-10-15-31(2)17-12-19-33(4)22-28-37-34(5)20-13-29-39(37,6)7/h9-12,14-19,21-28H,13,20,29H2,1-8H3/b10-9+,16-11+,17-12+,23-21+,28-22+,30-14+,31-15+,32-18+,33-19+. The highest BCUT2D eigenvalue weighted by atomic mass is 16.5. The van der Waals surface area contributed by atoms with Crippen LogP contribution in [-0.4, -0.2) is 13.1 Å². The summed E-state index contributed by atoms with van der Waals surface area (Å²) in [4.78, 5) is 11.5. The molecule has 0 amide bonds. The van der Waals surface area contributed by atoms with Crippen molar-refractivity contribution in [2.45, 2.75) is 67.7 Å². The summed E-state index contributed by atoms with van der Waals surface area (Å²) in [5.41, 5.74) is 9.66. The maximum atomic E-state index is 11.5. The molecular formula is C39H48O2. The predicted molar refractivity (Wildman–Crippen MR) is 179 cm³/mol. The Bertz CT molecular complexity index is 1340. The number of methoxy groups -OCH3 is 1. The monoisotopic (exact) mass is 548 g/mol. The van der Waals surface area contributed by atoms with Crippen LogP contribution in [0.3, 0.4) is 0 Å². The lowest BCUT2D eigenvalue weighted by molar-refractivity contribution is 0.0600. The van der Waals surface area contributed by atoms with Crippen LogP contribution in [0.25, 0.3) is 6.08 Å². The summed E-state index contributed by atoms with van der Waals surface area (Å²) in [5.74, 6) is -0.323. The first-order valence-corrected chi connectivity index (χ1v) is 14.5. The summed E-state index contributed by atoms with van der Waals surface area (Å²) in [7, 11) is 1.39. The van der Waals surface area contributed by atoms with Crippen LogP contribution in [0.2, 0.25) is 0 Å². The van der Waals surface area contributed by atoms with E-state index in [-0.39, 0.29) is 11.4 Å². The normalized spacial score (nSPS) is 17.8. The van der Waals surface area contributed by atoms with Gasteiger partial charge in [-0.15, -0.1) is 0 Å². The number of benzene rings is 1. The van der Waals surface area contributed by atoms with Crippen LogP contribution in [-0.2, 0) is 4.74 Å². The van der Waals surface area contributed by atoms with E-state index in [1.54, 1.807) is 12.1 Å². The fourth-order valence-electron chi connectivity index (χ4n) is 4.64. The van der Waals surface area contributed by atoms with Gasteiger partial charge in [0.15, 0.2) is 0 Å². The minimum absolute atomic E-state index is 0.277. The molecule has 2 rings (SSSR count). The fraction of sp³-hybridized carbons (Fsp3) is 0.308. The molecular weight excluding hydrogens is 500 g/mol. The van der Waals surface area contributed by atoms with Gasteiger partial charge in [0.1, 0.15) is 0 Å². The van der Waals surface area contributed by atoms with Crippen molar-refractivity contribution >= 4 is 12.0 Å². The molecule has 0 bridgehead atoms. The van der Waals surface area contributed by atoms with Crippen LogP contribution in [0.5, 0.6) is 0 Å². The van der Waals surface area contributed by atoms with Gasteiger partial charge in [0, 0.05) is 0 Å². The van der Waals surface area contributed by atoms with Gasteiger partial charge in [-0.3, -0.25) is 0 Å². The molecule has 0 saturated heterocycles. The van der Waals surface area contributed by atoms with E-state index in [9.17, 15) is 4.79 Å². The highest BCUT2D eigenvalue weighted by Crippen LogP contribution is 2.40. The fourth-order valence-corrected chi connectivity index (χ4v) is 4.64. The Hall–Kier alpha value is -3.91. The van der Waals surface area contributed by atoms with Crippen molar-refractivity contribution < 1.29 is 9.53 Å². The maximum Gasteiger partial charge on any atom is 0.337 e. The van der Waals surface area contributed by atoms with Gasteiger partial charge in [0.05, 0.1) is 12.7 Å². The van der Waals surface area contributed by atoms with Crippen molar-refractivity contribution in [2.75, 3.05) is 7.11 Å². The smallest absolute Gasteiger partial charge is 0.337 e. The van der Waals surface area contributed by atoms with E-state index in [4.69, 9.17) is 4.74 Å². The number of rotatable bonds is 11. The van der Waals surface area contributed by atoms with Crippen molar-refractivity contribution in [2.24, 2.45) is 5.41 Å². The van der Waals surface area contributed by atoms with Crippen molar-refractivity contribution in [3.05, 3.63) is 148 Å². The second-order valence-electron chi connectivity index (χ2n) is 11.5. The zero-order valence-corrected chi connectivity index (χ0v) is 26.3. The molecule has 0 N–H and O–H groups in total. The van der Waals surface area contributed by atoms with E-state index in [2.05, 4.69) is 127 Å². The summed E-state index contributed by atoms with van der Waals surface area (Å²) in [6.07, 6.45) is 33.5. The molecule has 0 fully saturated rings. The minimum atomic E-state index is -0.323. The molecule has 1 aromatic carbocycles. The molecule has 2 nitrogen and oxygen atoms in total. The SMILES string of the molecule is COC(=O)c1ccc(/C=C/C(C)=C/C=C/C(C)=C/C=C/C=C(C)/C=C/C=C(C)/C=C/C2=C(C)CCCC2(C)C)cc1. The number of esters is 1. The van der Waals surface area contributed by atoms with Crippen LogP contribution in [0.4, 0.5) is 0 Å². The van der Waals surface area contributed by atoms with E-state index < -0.39 is 0 Å². The first-order chi connectivity index (χ1) is 19.5. The summed E-state index contributed by atoms with van der Waals surface area (Å²) in [5, 5.41) is 0. The molecule has 1 aliphatic carbocycles. The largest absolute Gasteiger partial charge is 0.465 e. The average molecular weight is 549 g/mol. The second kappa shape index (κ2) is 17.0. The highest BCUT2D eigenvalue weighted by molar-refractivity contribution is 5.89. The Balaban J connectivity index is 1.86. The molecule has 0 unspecified atom stereocenters. The number of carbonyl (C=O) groups is 1. The summed E-state index contributed by atoms with van der Waals surface area (Å²) < 4.78 is 4.74. The van der Waals surface area contributed by atoms with E-state index >= 15 is 0 Å². The highest BCUT2D eigenvalue weighted by Gasteiger charge is 2.26. The van der Waals surface area contributed by atoms with E-state index in [0.717, 1.165) is 11.1 Å². The molecule has 0 saturated carbocycles. The van der Waals surface area contributed by atoms with Crippen molar-refractivity contribution in [1.82, 2.24) is 0 Å². The Kier molecular flexibility index (Phi) is 13.8. The van der Waals surface area contributed by atoms with Gasteiger partial charge in [-0.1, -0.05) is 139 Å². The molecule has 0 aromatic heterocycles. The molecule has 2 heteroatoms. The van der Waals surface area contributed by atoms with E-state index in [1.165, 1.54) is 54.2 Å². The Labute approximate surface area is 249 Å². The molecule has 1 aromatic rings. The first kappa shape index (κ1) is 33.3. The third-order valence-corrected chi connectivity index (χ3v) is 7.19. The lowest BCUT2D eigenvalue weighted by Crippen LogP contribution is -2.19. The third kappa shape index (κ3) is 12.4. The lowest BCUT2D eigenvalue weighted by Gasteiger charge is -2.32. The number of allylic oxidation sites excluding steroid dienone is 19. The molecule has 1 aliphatic rings. The van der Waals surface area contributed by atoms with Crippen LogP contribution in [0, 0.1) is 5.41 Å². The Morgan fingerprint density at radius 2 is 1.22 bits per heavy atom. The Morgan fingerprint density at radius 1 is 0.732 bits per heavy atom. The molecule has 0 radical (unpaired) electrons. The molecule has 41 heavy (non-hydrogen) atoms. The summed E-state index contributed by atoms with van der Waals surface area (Å²) in [6.45, 7) is 15.4. The molecule has 216 valence electrons. The van der Waals surface area contributed by atoms with Crippen LogP contribution >= 0.6 is 0 Å². The van der Waals surface area contributed by atoms with Crippen molar-refractivity contribution in [3.63, 3.8) is 0 Å². The van der Waals surface area contributed by atoms with Gasteiger partial charge in [0.2, 0.25) is 0 Å². The van der Waals surface area contributed by atoms with E-state index in [0.29, 0.717) is 5.56 Å². The van der Waals surface area contributed by atoms with Gasteiger partial charge in [-0.2, -0.15) is 0 Å². The van der Waals surface area contributed by atoms with Crippen molar-refractivity contribution in [1.29, 1.82) is 0 Å². The van der Waals surface area contributed by atoms with Crippen LogP contribution in [0.1, 0.15) is 83.7 Å². The number of hydrogen-bond acceptors (Lipinski definition) is 2. The number of ether oxygens (including phenoxy) is 1. The van der Waals surface area contributed by atoms with Gasteiger partial charge >= 0.3 is 5.97 Å². The minimum Gasteiger partial charge on any atom is -0.465 e. The average Bonchev–Trinajstić information content (AvgIpc) is 2.93. The summed E-state index contributed by atoms with van der Waals surface area (Å²) >= 11 is 0. The molecule has 0 aliphatic heterocycles. The lowest BCUT2D eigenvalue weighted by atomic mass is 9.72. The first-order valence-electron chi connectivity index (χ1n) is 14.5. The number of carbonyl (C=O) groups excluding carboxylic acids is 1. The number of hydrogen-bond donors (Lipinski definition) is 0. The van der Waals surface area contributed by atoms with Crippen LogP contribution in [0.15, 0.2) is 137 Å². The van der Waals surface area contributed by atoms with E-state index in [1.807, 2.05) is 18.2 Å². The van der Waals surface area contributed by atoms with Gasteiger partial charge in [-0.05, 0) is 82.6 Å². The quantitative estimate of drug-likeness (QED) is 0.203. The Morgan fingerprint density at radius 3 is 1.73 bits per heavy atom. The topological polar surface area (TPSA) is 26.3 Å². The zero-order chi connectivity index (χ0) is 30.3. The molecule has 0 heterocycles. The molecule has 0 atom stereocenters. The summed E-state index contributed by atoms with van der Waals surface area (Å²) in [6, 6.07) is 7.36. The van der Waals surface area contributed by atoms with Gasteiger partial charge in [0.25, 0.3) is 0 Å². The second-order valence-corrected chi connectivity index (χ2v) is 11.5.